The third-order valence-electron chi connectivity index (χ3n) is 4.11. The minimum atomic E-state index is -4.48. The van der Waals surface area contributed by atoms with Gasteiger partial charge in [0.1, 0.15) is 0 Å². The van der Waals surface area contributed by atoms with Crippen molar-refractivity contribution < 1.29 is 27.9 Å². The van der Waals surface area contributed by atoms with Crippen LogP contribution in [0.5, 0.6) is 0 Å². The molecule has 1 aromatic carbocycles. The molecule has 2 atom stereocenters. The van der Waals surface area contributed by atoms with E-state index in [1.807, 2.05) is 0 Å². The van der Waals surface area contributed by atoms with Crippen LogP contribution in [0.2, 0.25) is 0 Å². The molecule has 1 N–H and O–H groups in total. The molecule has 0 aromatic heterocycles. The maximum atomic E-state index is 12.9. The first kappa shape index (κ1) is 18.3. The lowest BCUT2D eigenvalue weighted by Crippen LogP contribution is -2.40. The molecule has 5 nitrogen and oxygen atoms in total. The molecule has 132 valence electrons. The van der Waals surface area contributed by atoms with Crippen molar-refractivity contribution in [1.82, 2.24) is 9.80 Å². The van der Waals surface area contributed by atoms with E-state index >= 15 is 0 Å². The Bertz CT molecular complexity index is 633. The summed E-state index contributed by atoms with van der Waals surface area (Å²) in [4.78, 5) is 26.2. The molecule has 1 aromatic rings. The fraction of sp³-hybridized carbons (Fsp3) is 0.500. The van der Waals surface area contributed by atoms with E-state index < -0.39 is 29.8 Å². The van der Waals surface area contributed by atoms with Gasteiger partial charge in [0.25, 0.3) is 0 Å². The maximum Gasteiger partial charge on any atom is 0.416 e. The number of aliphatic hydroxyl groups excluding tert-OH is 1. The molecule has 1 aliphatic rings. The summed E-state index contributed by atoms with van der Waals surface area (Å²) in [5.41, 5.74) is -0.477. The quantitative estimate of drug-likeness (QED) is 0.910. The van der Waals surface area contributed by atoms with E-state index in [0.717, 1.165) is 12.1 Å². The number of amides is 2. The van der Waals surface area contributed by atoms with E-state index in [2.05, 4.69) is 0 Å². The van der Waals surface area contributed by atoms with Crippen molar-refractivity contribution >= 4 is 11.8 Å². The monoisotopic (exact) mass is 344 g/mol. The summed E-state index contributed by atoms with van der Waals surface area (Å²) in [6.07, 6.45) is -5.12. The second kappa shape index (κ2) is 6.80. The van der Waals surface area contributed by atoms with Crippen molar-refractivity contribution in [1.29, 1.82) is 0 Å². The summed E-state index contributed by atoms with van der Waals surface area (Å²) in [5.74, 6) is -0.703. The number of hydrogen-bond acceptors (Lipinski definition) is 3. The molecule has 1 fully saturated rings. The van der Waals surface area contributed by atoms with Gasteiger partial charge in [-0.05, 0) is 24.1 Å². The molecule has 1 aliphatic heterocycles. The molecular formula is C16H19F3N2O3. The smallest absolute Gasteiger partial charge is 0.391 e. The summed E-state index contributed by atoms with van der Waals surface area (Å²) >= 11 is 0. The third kappa shape index (κ3) is 4.05. The standard InChI is InChI=1S/C16H19F3N2O3/c1-10(22)20(2)9-15(24)21-8-13(23)7-14(21)11-4-3-5-12(6-11)16(17,18)19/h3-6,13-14,23H,7-9H2,1-2H3. The Morgan fingerprint density at radius 1 is 1.38 bits per heavy atom. The van der Waals surface area contributed by atoms with Crippen molar-refractivity contribution in [2.45, 2.75) is 31.7 Å². The van der Waals surface area contributed by atoms with E-state index in [4.69, 9.17) is 0 Å². The Morgan fingerprint density at radius 3 is 2.62 bits per heavy atom. The van der Waals surface area contributed by atoms with Crippen molar-refractivity contribution in [2.75, 3.05) is 20.1 Å². The fourth-order valence-corrected chi connectivity index (χ4v) is 2.73. The van der Waals surface area contributed by atoms with Gasteiger partial charge in [0.2, 0.25) is 11.8 Å². The van der Waals surface area contributed by atoms with Crippen LogP contribution in [0.3, 0.4) is 0 Å². The molecule has 0 saturated carbocycles. The van der Waals surface area contributed by atoms with Gasteiger partial charge in [0.05, 0.1) is 24.3 Å². The lowest BCUT2D eigenvalue weighted by atomic mass is 10.0. The van der Waals surface area contributed by atoms with Gasteiger partial charge in [0, 0.05) is 20.5 Å². The van der Waals surface area contributed by atoms with Crippen LogP contribution in [0.4, 0.5) is 13.2 Å². The maximum absolute atomic E-state index is 12.9. The highest BCUT2D eigenvalue weighted by Gasteiger charge is 2.37. The molecule has 2 rings (SSSR count). The Morgan fingerprint density at radius 2 is 2.04 bits per heavy atom. The number of likely N-dealkylation sites (tertiary alicyclic amines) is 1. The van der Waals surface area contributed by atoms with Crippen LogP contribution in [0.1, 0.15) is 30.5 Å². The summed E-state index contributed by atoms with van der Waals surface area (Å²) in [6, 6.07) is 4.11. The Labute approximate surface area is 137 Å². The van der Waals surface area contributed by atoms with E-state index in [0.29, 0.717) is 5.56 Å². The number of halogens is 3. The van der Waals surface area contributed by atoms with E-state index in [1.165, 1.54) is 35.9 Å². The number of aliphatic hydroxyl groups is 1. The van der Waals surface area contributed by atoms with Crippen LogP contribution >= 0.6 is 0 Å². The second-order valence-corrected chi connectivity index (χ2v) is 5.95. The van der Waals surface area contributed by atoms with Gasteiger partial charge in [0.15, 0.2) is 0 Å². The van der Waals surface area contributed by atoms with Crippen LogP contribution in [-0.2, 0) is 15.8 Å². The lowest BCUT2D eigenvalue weighted by molar-refractivity contribution is -0.139. The highest BCUT2D eigenvalue weighted by molar-refractivity contribution is 5.84. The average Bonchev–Trinajstić information content (AvgIpc) is 2.88. The number of alkyl halides is 3. The number of benzene rings is 1. The number of carbonyl (C=O) groups is 2. The van der Waals surface area contributed by atoms with Gasteiger partial charge in [-0.15, -0.1) is 0 Å². The molecule has 0 spiro atoms. The number of rotatable bonds is 3. The van der Waals surface area contributed by atoms with Crippen molar-refractivity contribution in [3.63, 3.8) is 0 Å². The molecule has 2 unspecified atom stereocenters. The highest BCUT2D eigenvalue weighted by Crippen LogP contribution is 2.36. The Kier molecular flexibility index (Phi) is 5.17. The summed E-state index contributed by atoms with van der Waals surface area (Å²) in [7, 11) is 1.46. The zero-order valence-corrected chi connectivity index (χ0v) is 13.4. The summed E-state index contributed by atoms with van der Waals surface area (Å²) in [6.45, 7) is 1.17. The fourth-order valence-electron chi connectivity index (χ4n) is 2.73. The average molecular weight is 344 g/mol. The first-order valence-electron chi connectivity index (χ1n) is 7.46. The normalized spacial score (nSPS) is 21.0. The van der Waals surface area contributed by atoms with Crippen molar-refractivity contribution in [3.05, 3.63) is 35.4 Å². The van der Waals surface area contributed by atoms with Gasteiger partial charge in [-0.25, -0.2) is 0 Å². The molecule has 2 amide bonds. The highest BCUT2D eigenvalue weighted by atomic mass is 19.4. The first-order chi connectivity index (χ1) is 11.1. The number of carbonyl (C=O) groups excluding carboxylic acids is 2. The lowest BCUT2D eigenvalue weighted by Gasteiger charge is -2.27. The van der Waals surface area contributed by atoms with Crippen LogP contribution in [0, 0.1) is 0 Å². The SMILES string of the molecule is CC(=O)N(C)CC(=O)N1CC(O)CC1c1cccc(C(F)(F)F)c1. The molecule has 0 bridgehead atoms. The second-order valence-electron chi connectivity index (χ2n) is 5.95. The minimum Gasteiger partial charge on any atom is -0.391 e. The molecular weight excluding hydrogens is 325 g/mol. The first-order valence-corrected chi connectivity index (χ1v) is 7.46. The van der Waals surface area contributed by atoms with Crippen LogP contribution in [0.15, 0.2) is 24.3 Å². The van der Waals surface area contributed by atoms with Crippen molar-refractivity contribution in [3.8, 4) is 0 Å². The third-order valence-corrected chi connectivity index (χ3v) is 4.11. The molecule has 0 aliphatic carbocycles. The van der Waals surface area contributed by atoms with E-state index in [-0.39, 0.29) is 25.4 Å². The minimum absolute atomic E-state index is 0.0332. The molecule has 1 heterocycles. The topological polar surface area (TPSA) is 60.9 Å². The number of hydrogen-bond donors (Lipinski definition) is 1. The molecule has 1 saturated heterocycles. The summed E-state index contributed by atoms with van der Waals surface area (Å²) in [5, 5.41) is 9.86. The Hall–Kier alpha value is -2.09. The molecule has 8 heteroatoms. The van der Waals surface area contributed by atoms with Crippen molar-refractivity contribution in [2.24, 2.45) is 0 Å². The van der Waals surface area contributed by atoms with Crippen LogP contribution < -0.4 is 0 Å². The Balaban J connectivity index is 2.24. The molecule has 0 radical (unpaired) electrons. The number of likely N-dealkylation sites (N-methyl/N-ethyl adjacent to an activating group) is 1. The van der Waals surface area contributed by atoms with Gasteiger partial charge in [-0.2, -0.15) is 13.2 Å². The largest absolute Gasteiger partial charge is 0.416 e. The number of β-amino-alcohol motifs (C(OH)–C–C–N with tert-alkyl or cyclic N) is 1. The molecule has 24 heavy (non-hydrogen) atoms. The van der Waals surface area contributed by atoms with Crippen LogP contribution in [0.25, 0.3) is 0 Å². The van der Waals surface area contributed by atoms with Gasteiger partial charge in [-0.3, -0.25) is 9.59 Å². The zero-order valence-electron chi connectivity index (χ0n) is 13.4. The predicted octanol–water partition coefficient (Wildman–Crippen LogP) is 1.82. The van der Waals surface area contributed by atoms with Gasteiger partial charge in [-0.1, -0.05) is 12.1 Å². The van der Waals surface area contributed by atoms with Gasteiger partial charge < -0.3 is 14.9 Å². The summed E-state index contributed by atoms with van der Waals surface area (Å²) < 4.78 is 38.6. The van der Waals surface area contributed by atoms with E-state index in [9.17, 15) is 27.9 Å². The zero-order chi connectivity index (χ0) is 18.1. The van der Waals surface area contributed by atoms with Gasteiger partial charge >= 0.3 is 6.18 Å². The van der Waals surface area contributed by atoms with E-state index in [1.54, 1.807) is 0 Å². The number of nitrogens with zero attached hydrogens (tertiary/aromatic N) is 2. The van der Waals surface area contributed by atoms with Crippen LogP contribution in [-0.4, -0.2) is 53.0 Å². The predicted molar refractivity (Wildman–Crippen MR) is 79.8 cm³/mol.